The molecule has 0 heterocycles. The molecular weight excluding hydrogens is 254 g/mol. The summed E-state index contributed by atoms with van der Waals surface area (Å²) in [5.74, 6) is 0. The van der Waals surface area contributed by atoms with Gasteiger partial charge in [-0.2, -0.15) is 0 Å². The number of hydrogen-bond donors (Lipinski definition) is 0. The van der Waals surface area contributed by atoms with Crippen molar-refractivity contribution in [2.24, 2.45) is 0 Å². The van der Waals surface area contributed by atoms with E-state index in [9.17, 15) is 0 Å². The third-order valence-corrected chi connectivity index (χ3v) is 3.97. The highest BCUT2D eigenvalue weighted by atomic mass is 15.1. The summed E-state index contributed by atoms with van der Waals surface area (Å²) in [6, 6.07) is 25.9. The third-order valence-electron chi connectivity index (χ3n) is 3.97. The molecule has 3 aromatic carbocycles. The maximum absolute atomic E-state index is 2.48. The Morgan fingerprint density at radius 2 is 1.43 bits per heavy atom. The van der Waals surface area contributed by atoms with E-state index in [-0.39, 0.29) is 0 Å². The molecule has 0 saturated heterocycles. The van der Waals surface area contributed by atoms with Crippen LogP contribution >= 0.6 is 0 Å². The van der Waals surface area contributed by atoms with E-state index in [4.69, 9.17) is 0 Å². The van der Waals surface area contributed by atoms with Crippen molar-refractivity contribution >= 4 is 10.8 Å². The van der Waals surface area contributed by atoms with E-state index in [1.165, 1.54) is 21.9 Å². The van der Waals surface area contributed by atoms with Gasteiger partial charge < -0.3 is 0 Å². The zero-order valence-electron chi connectivity index (χ0n) is 12.5. The summed E-state index contributed by atoms with van der Waals surface area (Å²) in [6.45, 7) is 5.28. The van der Waals surface area contributed by atoms with Crippen LogP contribution in [-0.2, 0) is 13.1 Å². The zero-order chi connectivity index (χ0) is 14.5. The van der Waals surface area contributed by atoms with E-state index in [1.54, 1.807) is 0 Å². The third kappa shape index (κ3) is 3.32. The van der Waals surface area contributed by atoms with E-state index in [1.807, 2.05) is 0 Å². The molecule has 0 aliphatic rings. The average Bonchev–Trinajstić information content (AvgIpc) is 2.55. The van der Waals surface area contributed by atoms with Crippen LogP contribution in [0, 0.1) is 0 Å². The number of hydrogen-bond acceptors (Lipinski definition) is 1. The highest BCUT2D eigenvalue weighted by Crippen LogP contribution is 2.20. The minimum absolute atomic E-state index is 0.993. The van der Waals surface area contributed by atoms with Crippen LogP contribution in [0.2, 0.25) is 0 Å². The Kier molecular flexibility index (Phi) is 4.32. The highest BCUT2D eigenvalue weighted by Gasteiger charge is 2.07. The van der Waals surface area contributed by atoms with Crippen LogP contribution in [0.1, 0.15) is 18.1 Å². The first kappa shape index (κ1) is 13.8. The van der Waals surface area contributed by atoms with Crippen LogP contribution in [0.3, 0.4) is 0 Å². The Morgan fingerprint density at radius 3 is 2.24 bits per heavy atom. The van der Waals surface area contributed by atoms with Crippen LogP contribution in [0.5, 0.6) is 0 Å². The maximum Gasteiger partial charge on any atom is 0.0243 e. The second-order valence-corrected chi connectivity index (χ2v) is 5.43. The Balaban J connectivity index is 1.82. The van der Waals surface area contributed by atoms with Gasteiger partial charge in [-0.05, 0) is 28.4 Å². The lowest BCUT2D eigenvalue weighted by Gasteiger charge is -2.21. The number of rotatable bonds is 5. The molecule has 1 nitrogen and oxygen atoms in total. The topological polar surface area (TPSA) is 3.24 Å². The predicted molar refractivity (Wildman–Crippen MR) is 90.2 cm³/mol. The van der Waals surface area contributed by atoms with Crippen molar-refractivity contribution in [3.05, 3.63) is 83.9 Å². The smallest absolute Gasteiger partial charge is 0.0243 e. The normalized spacial score (nSPS) is 11.1. The van der Waals surface area contributed by atoms with Crippen LogP contribution in [0.15, 0.2) is 72.8 Å². The summed E-state index contributed by atoms with van der Waals surface area (Å²) in [4.78, 5) is 2.48. The van der Waals surface area contributed by atoms with Gasteiger partial charge in [0.15, 0.2) is 0 Å². The van der Waals surface area contributed by atoms with Crippen molar-refractivity contribution in [1.29, 1.82) is 0 Å². The summed E-state index contributed by atoms with van der Waals surface area (Å²) in [7, 11) is 0. The number of benzene rings is 3. The van der Waals surface area contributed by atoms with Gasteiger partial charge in [0.05, 0.1) is 0 Å². The van der Waals surface area contributed by atoms with Gasteiger partial charge in [-0.15, -0.1) is 0 Å². The molecule has 0 saturated carbocycles. The molecule has 0 amide bonds. The van der Waals surface area contributed by atoms with Crippen molar-refractivity contribution in [1.82, 2.24) is 4.90 Å². The molecule has 0 aliphatic heterocycles. The minimum Gasteiger partial charge on any atom is -0.295 e. The molecule has 106 valence electrons. The van der Waals surface area contributed by atoms with Gasteiger partial charge in [0.1, 0.15) is 0 Å². The Morgan fingerprint density at radius 1 is 0.714 bits per heavy atom. The van der Waals surface area contributed by atoms with Crippen molar-refractivity contribution in [2.45, 2.75) is 20.0 Å². The molecule has 0 aliphatic carbocycles. The van der Waals surface area contributed by atoms with Crippen LogP contribution in [-0.4, -0.2) is 11.4 Å². The molecule has 1 heteroatoms. The Hall–Kier alpha value is -2.12. The number of nitrogens with zero attached hydrogens (tertiary/aromatic N) is 1. The second kappa shape index (κ2) is 6.55. The standard InChI is InChI=1S/C20H21N/c1-2-21(15-17-9-4-3-5-10-17)16-19-13-8-12-18-11-6-7-14-20(18)19/h3-14H,2,15-16H2,1H3. The predicted octanol–water partition coefficient (Wildman–Crippen LogP) is 4.86. The van der Waals surface area contributed by atoms with Gasteiger partial charge in [-0.25, -0.2) is 0 Å². The van der Waals surface area contributed by atoms with Crippen molar-refractivity contribution in [3.63, 3.8) is 0 Å². The largest absolute Gasteiger partial charge is 0.295 e. The number of fused-ring (bicyclic) bond motifs is 1. The van der Waals surface area contributed by atoms with Gasteiger partial charge >= 0.3 is 0 Å². The fourth-order valence-electron chi connectivity index (χ4n) is 2.79. The summed E-state index contributed by atoms with van der Waals surface area (Å²) in [5.41, 5.74) is 2.78. The van der Waals surface area contributed by atoms with Gasteiger partial charge in [-0.3, -0.25) is 4.90 Å². The molecule has 0 aromatic heterocycles. The minimum atomic E-state index is 0.993. The van der Waals surface area contributed by atoms with Gasteiger partial charge in [0.25, 0.3) is 0 Å². The van der Waals surface area contributed by atoms with Crippen molar-refractivity contribution in [2.75, 3.05) is 6.54 Å². The molecule has 3 aromatic rings. The molecule has 0 atom stereocenters. The quantitative estimate of drug-likeness (QED) is 0.642. The SMILES string of the molecule is CCN(Cc1ccccc1)Cc1cccc2ccccc12. The second-order valence-electron chi connectivity index (χ2n) is 5.43. The van der Waals surface area contributed by atoms with Gasteiger partial charge in [-0.1, -0.05) is 79.7 Å². The lowest BCUT2D eigenvalue weighted by Crippen LogP contribution is -2.22. The van der Waals surface area contributed by atoms with Crippen LogP contribution in [0.25, 0.3) is 10.8 Å². The first-order chi connectivity index (χ1) is 10.4. The maximum atomic E-state index is 2.48. The molecule has 0 bridgehead atoms. The average molecular weight is 275 g/mol. The lowest BCUT2D eigenvalue weighted by molar-refractivity contribution is 0.272. The highest BCUT2D eigenvalue weighted by molar-refractivity contribution is 5.85. The van der Waals surface area contributed by atoms with E-state index >= 15 is 0 Å². The Labute approximate surface area is 126 Å². The van der Waals surface area contributed by atoms with Crippen LogP contribution < -0.4 is 0 Å². The molecule has 0 N–H and O–H groups in total. The fraction of sp³-hybridized carbons (Fsp3) is 0.200. The first-order valence-electron chi connectivity index (χ1n) is 7.59. The van der Waals surface area contributed by atoms with Crippen molar-refractivity contribution in [3.8, 4) is 0 Å². The molecule has 0 unspecified atom stereocenters. The zero-order valence-corrected chi connectivity index (χ0v) is 12.5. The van der Waals surface area contributed by atoms with E-state index < -0.39 is 0 Å². The van der Waals surface area contributed by atoms with Crippen molar-refractivity contribution < 1.29 is 0 Å². The monoisotopic (exact) mass is 275 g/mol. The van der Waals surface area contributed by atoms with Gasteiger partial charge in [0.2, 0.25) is 0 Å². The molecular formula is C20H21N. The van der Waals surface area contributed by atoms with E-state index in [0.29, 0.717) is 0 Å². The van der Waals surface area contributed by atoms with E-state index in [0.717, 1.165) is 19.6 Å². The summed E-state index contributed by atoms with van der Waals surface area (Å²) < 4.78 is 0. The molecule has 0 spiro atoms. The summed E-state index contributed by atoms with van der Waals surface area (Å²) in [5, 5.41) is 2.69. The lowest BCUT2D eigenvalue weighted by atomic mass is 10.0. The fourth-order valence-corrected chi connectivity index (χ4v) is 2.79. The van der Waals surface area contributed by atoms with Crippen LogP contribution in [0.4, 0.5) is 0 Å². The first-order valence-corrected chi connectivity index (χ1v) is 7.59. The Bertz CT molecular complexity index is 698. The van der Waals surface area contributed by atoms with Gasteiger partial charge in [0, 0.05) is 13.1 Å². The summed E-state index contributed by atoms with van der Waals surface area (Å²) >= 11 is 0. The summed E-state index contributed by atoms with van der Waals surface area (Å²) in [6.07, 6.45) is 0. The molecule has 21 heavy (non-hydrogen) atoms. The molecule has 0 fully saturated rings. The molecule has 3 rings (SSSR count). The van der Waals surface area contributed by atoms with E-state index in [2.05, 4.69) is 84.6 Å². The molecule has 0 radical (unpaired) electrons.